The van der Waals surface area contributed by atoms with Gasteiger partial charge in [-0.15, -0.1) is 12.4 Å². The minimum atomic E-state index is -0.0171. The fraction of sp³-hybridized carbons (Fsp3) is 0.588. The van der Waals surface area contributed by atoms with E-state index in [-0.39, 0.29) is 29.8 Å². The number of hydrogen-bond donors (Lipinski definition) is 2. The molecule has 4 nitrogen and oxygen atoms in total. The highest BCUT2D eigenvalue weighted by Gasteiger charge is 2.15. The number of halogens is 1. The zero-order chi connectivity index (χ0) is 15.3. The summed E-state index contributed by atoms with van der Waals surface area (Å²) in [6.45, 7) is 8.44. The molecule has 0 aromatic heterocycles. The number of hydrogen-bond acceptors (Lipinski definition) is 3. The number of benzene rings is 1. The van der Waals surface area contributed by atoms with E-state index in [0.29, 0.717) is 6.54 Å². The molecular formula is C17H27ClN2O2. The third kappa shape index (κ3) is 5.95. The molecule has 1 fully saturated rings. The zero-order valence-corrected chi connectivity index (χ0v) is 14.5. The summed E-state index contributed by atoms with van der Waals surface area (Å²) in [7, 11) is 0. The van der Waals surface area contributed by atoms with Gasteiger partial charge in [0.25, 0.3) is 0 Å². The largest absolute Gasteiger partial charge is 0.377 e. The number of ether oxygens (including phenoxy) is 1. The predicted molar refractivity (Wildman–Crippen MR) is 92.9 cm³/mol. The van der Waals surface area contributed by atoms with Crippen LogP contribution in [-0.2, 0) is 14.9 Å². The van der Waals surface area contributed by atoms with Crippen LogP contribution < -0.4 is 10.6 Å². The fourth-order valence-electron chi connectivity index (χ4n) is 2.41. The maximum absolute atomic E-state index is 11.9. The average Bonchev–Trinajstić information content (AvgIpc) is 2.91. The van der Waals surface area contributed by atoms with Crippen LogP contribution in [0.25, 0.3) is 0 Å². The van der Waals surface area contributed by atoms with Gasteiger partial charge in [0.15, 0.2) is 0 Å². The Balaban J connectivity index is 0.00000242. The van der Waals surface area contributed by atoms with Crippen molar-refractivity contribution < 1.29 is 9.53 Å². The molecule has 1 atom stereocenters. The molecule has 1 unspecified atom stereocenters. The second-order valence-corrected chi connectivity index (χ2v) is 6.64. The minimum absolute atomic E-state index is 0. The molecule has 1 saturated heterocycles. The third-order valence-corrected chi connectivity index (χ3v) is 3.72. The van der Waals surface area contributed by atoms with Crippen molar-refractivity contribution in [1.82, 2.24) is 5.32 Å². The van der Waals surface area contributed by atoms with E-state index >= 15 is 0 Å². The van der Waals surface area contributed by atoms with Gasteiger partial charge in [-0.05, 0) is 36.0 Å². The first kappa shape index (κ1) is 18.9. The smallest absolute Gasteiger partial charge is 0.238 e. The van der Waals surface area contributed by atoms with Gasteiger partial charge in [0.1, 0.15) is 0 Å². The van der Waals surface area contributed by atoms with Gasteiger partial charge in [0.2, 0.25) is 5.91 Å². The molecule has 22 heavy (non-hydrogen) atoms. The number of amides is 1. The predicted octanol–water partition coefficient (Wildman–Crippen LogP) is 3.11. The van der Waals surface area contributed by atoms with Crippen LogP contribution in [-0.4, -0.2) is 31.7 Å². The van der Waals surface area contributed by atoms with E-state index in [1.165, 1.54) is 5.56 Å². The summed E-state index contributed by atoms with van der Waals surface area (Å²) in [4.78, 5) is 11.9. The molecule has 2 rings (SSSR count). The van der Waals surface area contributed by atoms with Gasteiger partial charge in [-0.3, -0.25) is 4.79 Å². The van der Waals surface area contributed by atoms with E-state index in [1.54, 1.807) is 0 Å². The highest BCUT2D eigenvalue weighted by molar-refractivity contribution is 5.92. The molecule has 0 spiro atoms. The highest BCUT2D eigenvalue weighted by atomic mass is 35.5. The average molecular weight is 327 g/mol. The summed E-state index contributed by atoms with van der Waals surface area (Å²) >= 11 is 0. The van der Waals surface area contributed by atoms with Gasteiger partial charge in [0.05, 0.1) is 12.6 Å². The van der Waals surface area contributed by atoms with Crippen molar-refractivity contribution in [1.29, 1.82) is 0 Å². The molecule has 1 aromatic carbocycles. The Kier molecular flexibility index (Phi) is 7.33. The van der Waals surface area contributed by atoms with Crippen LogP contribution in [0.1, 0.15) is 39.2 Å². The highest BCUT2D eigenvalue weighted by Crippen LogP contribution is 2.23. The quantitative estimate of drug-likeness (QED) is 0.874. The normalized spacial score (nSPS) is 17.9. The summed E-state index contributed by atoms with van der Waals surface area (Å²) in [5, 5.41) is 6.05. The molecule has 5 heteroatoms. The molecule has 1 aliphatic heterocycles. The van der Waals surface area contributed by atoms with Crippen LogP contribution in [0.3, 0.4) is 0 Å². The lowest BCUT2D eigenvalue weighted by atomic mass is 9.87. The number of carbonyl (C=O) groups is 1. The van der Waals surface area contributed by atoms with Gasteiger partial charge < -0.3 is 15.4 Å². The Labute approximate surface area is 139 Å². The van der Waals surface area contributed by atoms with Crippen LogP contribution in [0.2, 0.25) is 0 Å². The first-order chi connectivity index (χ1) is 9.95. The van der Waals surface area contributed by atoms with Crippen molar-refractivity contribution >= 4 is 24.0 Å². The Morgan fingerprint density at radius 3 is 2.50 bits per heavy atom. The molecule has 0 radical (unpaired) electrons. The summed E-state index contributed by atoms with van der Waals surface area (Å²) in [5.74, 6) is -0.0171. The summed E-state index contributed by atoms with van der Waals surface area (Å²) < 4.78 is 5.50. The van der Waals surface area contributed by atoms with Crippen molar-refractivity contribution in [2.45, 2.75) is 45.1 Å². The molecule has 1 aliphatic rings. The molecule has 2 N–H and O–H groups in total. The van der Waals surface area contributed by atoms with Gasteiger partial charge >= 0.3 is 0 Å². The molecule has 1 aromatic rings. The van der Waals surface area contributed by atoms with Crippen LogP contribution in [0, 0.1) is 0 Å². The minimum Gasteiger partial charge on any atom is -0.377 e. The second-order valence-electron chi connectivity index (χ2n) is 6.64. The molecule has 0 bridgehead atoms. The van der Waals surface area contributed by atoms with E-state index in [2.05, 4.69) is 43.5 Å². The SMILES string of the molecule is CC(C)(C)c1ccc(NC(=O)CNCC2CCCO2)cc1.Cl. The van der Waals surface area contributed by atoms with Crippen molar-refractivity contribution in [3.63, 3.8) is 0 Å². The van der Waals surface area contributed by atoms with Crippen molar-refractivity contribution in [2.75, 3.05) is 25.0 Å². The first-order valence-electron chi connectivity index (χ1n) is 7.68. The Morgan fingerprint density at radius 2 is 1.95 bits per heavy atom. The molecular weight excluding hydrogens is 300 g/mol. The molecule has 0 aliphatic carbocycles. The summed E-state index contributed by atoms with van der Waals surface area (Å²) in [6, 6.07) is 8.04. The van der Waals surface area contributed by atoms with Crippen molar-refractivity contribution in [2.24, 2.45) is 0 Å². The van der Waals surface area contributed by atoms with E-state index in [1.807, 2.05) is 12.1 Å². The van der Waals surface area contributed by atoms with Gasteiger partial charge in [0, 0.05) is 18.8 Å². The van der Waals surface area contributed by atoms with Gasteiger partial charge in [-0.1, -0.05) is 32.9 Å². The Morgan fingerprint density at radius 1 is 1.27 bits per heavy atom. The number of anilines is 1. The lowest BCUT2D eigenvalue weighted by Crippen LogP contribution is -2.33. The molecule has 1 amide bonds. The lowest BCUT2D eigenvalue weighted by molar-refractivity contribution is -0.115. The van der Waals surface area contributed by atoms with Crippen LogP contribution in [0.5, 0.6) is 0 Å². The maximum Gasteiger partial charge on any atom is 0.238 e. The zero-order valence-electron chi connectivity index (χ0n) is 13.6. The number of rotatable bonds is 5. The first-order valence-corrected chi connectivity index (χ1v) is 7.68. The van der Waals surface area contributed by atoms with Gasteiger partial charge in [-0.2, -0.15) is 0 Å². The van der Waals surface area contributed by atoms with Crippen LogP contribution in [0.15, 0.2) is 24.3 Å². The number of carbonyl (C=O) groups excluding carboxylic acids is 1. The maximum atomic E-state index is 11.9. The standard InChI is InChI=1S/C17H26N2O2.ClH/c1-17(2,3)13-6-8-14(9-7-13)19-16(20)12-18-11-15-5-4-10-21-15;/h6-9,15,18H,4-5,10-12H2,1-3H3,(H,19,20);1H. The monoisotopic (exact) mass is 326 g/mol. The molecule has 0 saturated carbocycles. The third-order valence-electron chi connectivity index (χ3n) is 3.72. The topological polar surface area (TPSA) is 50.4 Å². The van der Waals surface area contributed by atoms with E-state index in [4.69, 9.17) is 4.74 Å². The van der Waals surface area contributed by atoms with Crippen molar-refractivity contribution in [3.05, 3.63) is 29.8 Å². The second kappa shape index (κ2) is 8.51. The lowest BCUT2D eigenvalue weighted by Gasteiger charge is -2.19. The Hall–Kier alpha value is -1.10. The van der Waals surface area contributed by atoms with E-state index < -0.39 is 0 Å². The molecule has 124 valence electrons. The molecule has 1 heterocycles. The van der Waals surface area contributed by atoms with Crippen LogP contribution in [0.4, 0.5) is 5.69 Å². The van der Waals surface area contributed by atoms with E-state index in [9.17, 15) is 4.79 Å². The van der Waals surface area contributed by atoms with Gasteiger partial charge in [-0.25, -0.2) is 0 Å². The number of nitrogens with one attached hydrogen (secondary N) is 2. The summed E-state index contributed by atoms with van der Waals surface area (Å²) in [5.41, 5.74) is 2.23. The Bertz CT molecular complexity index is 463. The summed E-state index contributed by atoms with van der Waals surface area (Å²) in [6.07, 6.45) is 2.48. The fourth-order valence-corrected chi connectivity index (χ4v) is 2.41. The van der Waals surface area contributed by atoms with E-state index in [0.717, 1.165) is 31.7 Å². The van der Waals surface area contributed by atoms with Crippen LogP contribution >= 0.6 is 12.4 Å². The van der Waals surface area contributed by atoms with Crippen molar-refractivity contribution in [3.8, 4) is 0 Å².